The van der Waals surface area contributed by atoms with E-state index in [1.807, 2.05) is 18.2 Å². The van der Waals surface area contributed by atoms with Crippen LogP contribution in [0.5, 0.6) is 11.5 Å². The minimum Gasteiger partial charge on any atom is -0.495 e. The number of hydrogen-bond donors (Lipinski definition) is 2. The normalized spacial score (nSPS) is 12.7. The predicted octanol–water partition coefficient (Wildman–Crippen LogP) is 4.14. The Morgan fingerprint density at radius 1 is 1.00 bits per heavy atom. The van der Waals surface area contributed by atoms with Gasteiger partial charge in [0.15, 0.2) is 6.61 Å². The van der Waals surface area contributed by atoms with Crippen LogP contribution in [-0.2, 0) is 27.7 Å². The lowest BCUT2D eigenvalue weighted by Gasteiger charge is -2.14. The van der Waals surface area contributed by atoms with Gasteiger partial charge in [-0.25, -0.2) is 12.8 Å². The van der Waals surface area contributed by atoms with Crippen LogP contribution in [0.15, 0.2) is 65.6 Å². The van der Waals surface area contributed by atoms with E-state index in [2.05, 4.69) is 10.0 Å². The van der Waals surface area contributed by atoms with Gasteiger partial charge in [0.05, 0.1) is 17.7 Å². The van der Waals surface area contributed by atoms with Crippen molar-refractivity contribution in [3.05, 3.63) is 77.6 Å². The minimum atomic E-state index is -3.99. The summed E-state index contributed by atoms with van der Waals surface area (Å²) < 4.78 is 51.7. The highest BCUT2D eigenvalue weighted by Gasteiger charge is 2.18. The summed E-state index contributed by atoms with van der Waals surface area (Å²) in [5.74, 6) is -0.0484. The molecule has 0 spiro atoms. The van der Waals surface area contributed by atoms with Crippen LogP contribution in [0.3, 0.4) is 0 Å². The van der Waals surface area contributed by atoms with Crippen molar-refractivity contribution in [3.63, 3.8) is 0 Å². The van der Waals surface area contributed by atoms with E-state index in [0.29, 0.717) is 11.4 Å². The van der Waals surface area contributed by atoms with Crippen LogP contribution in [0, 0.1) is 5.82 Å². The summed E-state index contributed by atoms with van der Waals surface area (Å²) in [6.07, 6.45) is 3.21. The molecule has 0 aliphatic heterocycles. The molecule has 0 unspecified atom stereocenters. The van der Waals surface area contributed by atoms with Gasteiger partial charge < -0.3 is 14.8 Å². The first-order valence-corrected chi connectivity index (χ1v) is 11.8. The van der Waals surface area contributed by atoms with Gasteiger partial charge in [-0.3, -0.25) is 9.52 Å². The molecule has 3 aromatic rings. The average molecular weight is 471 g/mol. The van der Waals surface area contributed by atoms with Crippen LogP contribution in [0.25, 0.3) is 0 Å². The lowest BCUT2D eigenvalue weighted by atomic mass is 10.1. The summed E-state index contributed by atoms with van der Waals surface area (Å²) in [6, 6.07) is 14.8. The zero-order chi connectivity index (χ0) is 23.4. The molecule has 1 aliphatic rings. The number of carbonyl (C=O) groups excluding carboxylic acids is 1. The van der Waals surface area contributed by atoms with Gasteiger partial charge in [0, 0.05) is 5.69 Å². The van der Waals surface area contributed by atoms with Gasteiger partial charge in [0.2, 0.25) is 0 Å². The number of ether oxygens (including phenoxy) is 2. The first-order chi connectivity index (χ1) is 15.8. The van der Waals surface area contributed by atoms with Gasteiger partial charge in [0.25, 0.3) is 15.9 Å². The molecule has 0 fully saturated rings. The van der Waals surface area contributed by atoms with Gasteiger partial charge >= 0.3 is 0 Å². The number of fused-ring (bicyclic) bond motifs is 1. The van der Waals surface area contributed by atoms with Crippen molar-refractivity contribution in [1.29, 1.82) is 0 Å². The SMILES string of the molecule is COc1ccc(NC(=O)COc2ccc3c(c2)CCC3)cc1NS(=O)(=O)c1ccc(F)cc1. The standard InChI is InChI=1S/C24H23FN2O5S/c1-31-23-12-8-19(14-22(23)27-33(29,30)21-10-6-18(25)7-11-21)26-24(28)15-32-20-9-5-16-3-2-4-17(16)13-20/h5-14,27H,2-4,15H2,1H3,(H,26,28). The lowest BCUT2D eigenvalue weighted by molar-refractivity contribution is -0.118. The fourth-order valence-corrected chi connectivity index (χ4v) is 4.73. The number of carbonyl (C=O) groups is 1. The van der Waals surface area contributed by atoms with Gasteiger partial charge in [-0.2, -0.15) is 0 Å². The molecule has 4 rings (SSSR count). The third-order valence-electron chi connectivity index (χ3n) is 5.29. The number of methoxy groups -OCH3 is 1. The minimum absolute atomic E-state index is 0.108. The van der Waals surface area contributed by atoms with Gasteiger partial charge in [-0.1, -0.05) is 6.07 Å². The predicted molar refractivity (Wildman–Crippen MR) is 123 cm³/mol. The Labute approximate surface area is 191 Å². The van der Waals surface area contributed by atoms with Crippen molar-refractivity contribution in [1.82, 2.24) is 0 Å². The van der Waals surface area contributed by atoms with Crippen LogP contribution in [0.2, 0.25) is 0 Å². The second-order valence-corrected chi connectivity index (χ2v) is 9.28. The van der Waals surface area contributed by atoms with E-state index in [1.165, 1.54) is 30.4 Å². The van der Waals surface area contributed by atoms with Crippen molar-refractivity contribution < 1.29 is 27.1 Å². The largest absolute Gasteiger partial charge is 0.495 e. The first-order valence-electron chi connectivity index (χ1n) is 10.3. The maximum atomic E-state index is 13.1. The van der Waals surface area contributed by atoms with Crippen molar-refractivity contribution in [2.75, 3.05) is 23.8 Å². The average Bonchev–Trinajstić information content (AvgIpc) is 3.26. The van der Waals surface area contributed by atoms with Crippen LogP contribution in [-0.4, -0.2) is 28.0 Å². The summed E-state index contributed by atoms with van der Waals surface area (Å²) >= 11 is 0. The second-order valence-electron chi connectivity index (χ2n) is 7.60. The molecular weight excluding hydrogens is 447 g/mol. The van der Waals surface area contributed by atoms with Crippen molar-refractivity contribution in [2.24, 2.45) is 0 Å². The van der Waals surface area contributed by atoms with Crippen LogP contribution in [0.4, 0.5) is 15.8 Å². The zero-order valence-electron chi connectivity index (χ0n) is 17.9. The number of nitrogens with one attached hydrogen (secondary N) is 2. The Bertz CT molecular complexity index is 1280. The monoisotopic (exact) mass is 470 g/mol. The molecule has 0 bridgehead atoms. The van der Waals surface area contributed by atoms with Crippen LogP contribution < -0.4 is 19.5 Å². The third-order valence-corrected chi connectivity index (χ3v) is 6.67. The Morgan fingerprint density at radius 3 is 2.52 bits per heavy atom. The molecule has 3 aromatic carbocycles. The molecule has 0 atom stereocenters. The maximum Gasteiger partial charge on any atom is 0.262 e. The zero-order valence-corrected chi connectivity index (χ0v) is 18.7. The molecule has 1 amide bonds. The lowest BCUT2D eigenvalue weighted by Crippen LogP contribution is -2.20. The summed E-state index contributed by atoms with van der Waals surface area (Å²) in [5.41, 5.74) is 3.05. The smallest absolute Gasteiger partial charge is 0.262 e. The van der Waals surface area contributed by atoms with Crippen molar-refractivity contribution in [3.8, 4) is 11.5 Å². The highest BCUT2D eigenvalue weighted by atomic mass is 32.2. The van der Waals surface area contributed by atoms with Crippen LogP contribution >= 0.6 is 0 Å². The third kappa shape index (κ3) is 5.43. The Balaban J connectivity index is 1.43. The number of benzene rings is 3. The molecule has 9 heteroatoms. The molecule has 2 N–H and O–H groups in total. The molecule has 0 saturated carbocycles. The number of rotatable bonds is 8. The highest BCUT2D eigenvalue weighted by molar-refractivity contribution is 7.92. The molecule has 33 heavy (non-hydrogen) atoms. The second kappa shape index (κ2) is 9.50. The molecule has 0 saturated heterocycles. The van der Waals surface area contributed by atoms with E-state index in [1.54, 1.807) is 6.07 Å². The molecule has 7 nitrogen and oxygen atoms in total. The fourth-order valence-electron chi connectivity index (χ4n) is 3.67. The summed E-state index contributed by atoms with van der Waals surface area (Å²) in [6.45, 7) is -0.193. The highest BCUT2D eigenvalue weighted by Crippen LogP contribution is 2.30. The van der Waals surface area contributed by atoms with Crippen molar-refractivity contribution >= 4 is 27.3 Å². The number of anilines is 2. The van der Waals surface area contributed by atoms with E-state index in [9.17, 15) is 17.6 Å². The Hall–Kier alpha value is -3.59. The molecule has 1 aliphatic carbocycles. The van der Waals surface area contributed by atoms with Crippen molar-refractivity contribution in [2.45, 2.75) is 24.2 Å². The topological polar surface area (TPSA) is 93.7 Å². The number of aryl methyl sites for hydroxylation is 2. The molecular formula is C24H23FN2O5S. The van der Waals surface area contributed by atoms with E-state index in [4.69, 9.17) is 9.47 Å². The molecule has 0 heterocycles. The van der Waals surface area contributed by atoms with Crippen LogP contribution in [0.1, 0.15) is 17.5 Å². The summed E-state index contributed by atoms with van der Waals surface area (Å²) in [5, 5.41) is 2.69. The molecule has 0 radical (unpaired) electrons. The quantitative estimate of drug-likeness (QED) is 0.516. The Kier molecular flexibility index (Phi) is 6.50. The maximum absolute atomic E-state index is 13.1. The molecule has 172 valence electrons. The number of hydrogen-bond acceptors (Lipinski definition) is 5. The fraction of sp³-hybridized carbons (Fsp3) is 0.208. The summed E-state index contributed by atoms with van der Waals surface area (Å²) in [7, 11) is -2.60. The molecule has 0 aromatic heterocycles. The first kappa shape index (κ1) is 22.6. The van der Waals surface area contributed by atoms with Gasteiger partial charge in [0.1, 0.15) is 17.3 Å². The van der Waals surface area contributed by atoms with E-state index in [-0.39, 0.29) is 22.9 Å². The number of amides is 1. The Morgan fingerprint density at radius 2 is 1.76 bits per heavy atom. The van der Waals surface area contributed by atoms with E-state index >= 15 is 0 Å². The van der Waals surface area contributed by atoms with Gasteiger partial charge in [-0.15, -0.1) is 0 Å². The van der Waals surface area contributed by atoms with E-state index in [0.717, 1.165) is 43.5 Å². The van der Waals surface area contributed by atoms with E-state index < -0.39 is 21.7 Å². The number of sulfonamides is 1. The van der Waals surface area contributed by atoms with Gasteiger partial charge in [-0.05, 0) is 85.0 Å². The number of halogens is 1. The summed E-state index contributed by atoms with van der Waals surface area (Å²) in [4.78, 5) is 12.3.